The Morgan fingerprint density at radius 1 is 1.45 bits per heavy atom. The van der Waals surface area contributed by atoms with Gasteiger partial charge in [-0.1, -0.05) is 6.08 Å². The summed E-state index contributed by atoms with van der Waals surface area (Å²) in [5.41, 5.74) is 0. The van der Waals surface area contributed by atoms with Gasteiger partial charge < -0.3 is 9.47 Å². The summed E-state index contributed by atoms with van der Waals surface area (Å²) in [4.78, 5) is 0. The molecule has 0 fully saturated rings. The molecule has 0 saturated heterocycles. The van der Waals surface area contributed by atoms with E-state index >= 15 is 0 Å². The smallest absolute Gasteiger partial charge is 0.176 e. The molecule has 64 valence electrons. The maximum atomic E-state index is 5.51. The lowest BCUT2D eigenvalue weighted by Crippen LogP contribution is -2.31. The van der Waals surface area contributed by atoms with Crippen LogP contribution in [0.5, 0.6) is 0 Å². The number of rotatable bonds is 2. The Morgan fingerprint density at radius 2 is 2.18 bits per heavy atom. The molecular weight excluding hydrogens is 160 g/mol. The lowest BCUT2D eigenvalue weighted by Gasteiger charge is -2.27. The van der Waals surface area contributed by atoms with Crippen LogP contribution in [0.2, 0.25) is 0 Å². The second kappa shape index (κ2) is 4.14. The van der Waals surface area contributed by atoms with Crippen LogP contribution in [0.3, 0.4) is 0 Å². The van der Waals surface area contributed by atoms with Crippen LogP contribution in [-0.4, -0.2) is 31.0 Å². The van der Waals surface area contributed by atoms with Crippen LogP contribution in [0.15, 0.2) is 12.2 Å². The molecule has 0 amide bonds. The van der Waals surface area contributed by atoms with E-state index in [0.29, 0.717) is 5.25 Å². The first-order valence-electron chi connectivity index (χ1n) is 3.67. The van der Waals surface area contributed by atoms with Crippen LogP contribution in [-0.2, 0) is 9.47 Å². The molecule has 1 aliphatic heterocycles. The first-order valence-corrected chi connectivity index (χ1v) is 4.96. The van der Waals surface area contributed by atoms with Gasteiger partial charge in [-0.2, -0.15) is 11.8 Å². The third kappa shape index (κ3) is 2.22. The normalized spacial score (nSPS) is 37.5. The van der Waals surface area contributed by atoms with Gasteiger partial charge >= 0.3 is 0 Å². The quantitative estimate of drug-likeness (QED) is 0.593. The Morgan fingerprint density at radius 3 is 2.64 bits per heavy atom. The zero-order chi connectivity index (χ0) is 8.27. The maximum absolute atomic E-state index is 5.51. The van der Waals surface area contributed by atoms with Crippen molar-refractivity contribution in [3.63, 3.8) is 0 Å². The molecule has 0 N–H and O–H groups in total. The molecule has 0 aromatic carbocycles. The molecule has 0 saturated carbocycles. The van der Waals surface area contributed by atoms with Crippen molar-refractivity contribution in [3.8, 4) is 0 Å². The molecule has 0 spiro atoms. The average molecular weight is 174 g/mol. The van der Waals surface area contributed by atoms with E-state index in [-0.39, 0.29) is 12.4 Å². The van der Waals surface area contributed by atoms with Crippen molar-refractivity contribution in [2.75, 3.05) is 13.4 Å². The van der Waals surface area contributed by atoms with Gasteiger partial charge in [0.25, 0.3) is 0 Å². The van der Waals surface area contributed by atoms with Gasteiger partial charge in [0, 0.05) is 12.4 Å². The van der Waals surface area contributed by atoms with Gasteiger partial charge in [-0.3, -0.25) is 0 Å². The zero-order valence-electron chi connectivity index (χ0n) is 7.11. The van der Waals surface area contributed by atoms with E-state index in [1.165, 1.54) is 0 Å². The minimum atomic E-state index is -0.145. The van der Waals surface area contributed by atoms with E-state index in [4.69, 9.17) is 9.47 Å². The minimum Gasteiger partial charge on any atom is -0.352 e. The fraction of sp³-hybridized carbons (Fsp3) is 0.750. The van der Waals surface area contributed by atoms with Crippen LogP contribution in [0.4, 0.5) is 0 Å². The van der Waals surface area contributed by atoms with Crippen molar-refractivity contribution < 1.29 is 9.47 Å². The highest BCUT2D eigenvalue weighted by atomic mass is 32.2. The highest BCUT2D eigenvalue weighted by Crippen LogP contribution is 2.21. The monoisotopic (exact) mass is 174 g/mol. The molecule has 0 aromatic rings. The molecule has 3 atom stereocenters. The summed E-state index contributed by atoms with van der Waals surface area (Å²) in [5.74, 6) is 0. The number of hydrogen-bond donors (Lipinski definition) is 0. The summed E-state index contributed by atoms with van der Waals surface area (Å²) in [6, 6.07) is 0. The Kier molecular flexibility index (Phi) is 3.43. The van der Waals surface area contributed by atoms with Gasteiger partial charge in [0.05, 0.1) is 6.10 Å². The number of thioether (sulfide) groups is 1. The summed E-state index contributed by atoms with van der Waals surface area (Å²) in [6.07, 6.45) is 6.30. The van der Waals surface area contributed by atoms with Crippen LogP contribution >= 0.6 is 11.8 Å². The third-order valence-electron chi connectivity index (χ3n) is 1.77. The van der Waals surface area contributed by atoms with Crippen molar-refractivity contribution in [1.82, 2.24) is 0 Å². The molecule has 0 radical (unpaired) electrons. The van der Waals surface area contributed by atoms with E-state index in [2.05, 4.69) is 19.3 Å². The van der Waals surface area contributed by atoms with E-state index in [1.54, 1.807) is 18.9 Å². The molecule has 0 bridgehead atoms. The largest absolute Gasteiger partial charge is 0.352 e. The predicted molar refractivity (Wildman–Crippen MR) is 47.8 cm³/mol. The highest BCUT2D eigenvalue weighted by molar-refractivity contribution is 7.99. The average Bonchev–Trinajstić information content (AvgIpc) is 2.04. The summed E-state index contributed by atoms with van der Waals surface area (Å²) >= 11 is 1.80. The molecule has 11 heavy (non-hydrogen) atoms. The fourth-order valence-corrected chi connectivity index (χ4v) is 1.79. The number of ether oxygens (including phenoxy) is 2. The minimum absolute atomic E-state index is 0.145. The number of methoxy groups -OCH3 is 1. The standard InChI is InChI=1S/C8H14O2S/c1-6-7(11-3)4-5-8(9-2)10-6/h4-8H,1-3H3/t6-,7+,8+/m1/s1. The van der Waals surface area contributed by atoms with E-state index in [0.717, 1.165) is 0 Å². The molecule has 1 aliphatic rings. The Hall–Kier alpha value is 0.01000. The van der Waals surface area contributed by atoms with E-state index in [1.807, 2.05) is 6.08 Å². The maximum Gasteiger partial charge on any atom is 0.176 e. The molecular formula is C8H14O2S. The van der Waals surface area contributed by atoms with Crippen molar-refractivity contribution in [1.29, 1.82) is 0 Å². The first-order chi connectivity index (χ1) is 5.27. The van der Waals surface area contributed by atoms with Crippen molar-refractivity contribution >= 4 is 11.8 Å². The number of hydrogen-bond acceptors (Lipinski definition) is 3. The van der Waals surface area contributed by atoms with E-state index < -0.39 is 0 Å². The molecule has 0 aromatic heterocycles. The van der Waals surface area contributed by atoms with Gasteiger partial charge in [-0.15, -0.1) is 0 Å². The highest BCUT2D eigenvalue weighted by Gasteiger charge is 2.21. The summed E-state index contributed by atoms with van der Waals surface area (Å²) in [5, 5.41) is 0.474. The van der Waals surface area contributed by atoms with Crippen LogP contribution in [0.1, 0.15) is 6.92 Å². The molecule has 0 aliphatic carbocycles. The van der Waals surface area contributed by atoms with Crippen molar-refractivity contribution in [2.45, 2.75) is 24.6 Å². The second-order valence-corrected chi connectivity index (χ2v) is 3.55. The summed E-state index contributed by atoms with van der Waals surface area (Å²) in [7, 11) is 1.65. The van der Waals surface area contributed by atoms with Crippen LogP contribution in [0, 0.1) is 0 Å². The fourth-order valence-electron chi connectivity index (χ4n) is 1.10. The SMILES string of the molecule is CO[C@@H]1C=C[C@H](SC)[C@@H](C)O1. The summed E-state index contributed by atoms with van der Waals surface area (Å²) in [6.45, 7) is 2.07. The van der Waals surface area contributed by atoms with Gasteiger partial charge in [-0.25, -0.2) is 0 Å². The molecule has 0 unspecified atom stereocenters. The predicted octanol–water partition coefficient (Wildman–Crippen LogP) is 1.67. The first kappa shape index (κ1) is 9.10. The summed E-state index contributed by atoms with van der Waals surface area (Å²) < 4.78 is 10.5. The lowest BCUT2D eigenvalue weighted by atomic mass is 10.2. The zero-order valence-corrected chi connectivity index (χ0v) is 7.93. The van der Waals surface area contributed by atoms with Crippen molar-refractivity contribution in [2.24, 2.45) is 0 Å². The van der Waals surface area contributed by atoms with Gasteiger partial charge in [-0.05, 0) is 19.3 Å². The third-order valence-corrected chi connectivity index (χ3v) is 2.86. The molecule has 1 rings (SSSR count). The van der Waals surface area contributed by atoms with Crippen LogP contribution < -0.4 is 0 Å². The van der Waals surface area contributed by atoms with Crippen molar-refractivity contribution in [3.05, 3.63) is 12.2 Å². The van der Waals surface area contributed by atoms with E-state index in [9.17, 15) is 0 Å². The Balaban J connectivity index is 2.51. The van der Waals surface area contributed by atoms with Gasteiger partial charge in [0.15, 0.2) is 6.29 Å². The topological polar surface area (TPSA) is 18.5 Å². The Labute approximate surface area is 71.9 Å². The van der Waals surface area contributed by atoms with Gasteiger partial charge in [0.2, 0.25) is 0 Å². The molecule has 3 heteroatoms. The van der Waals surface area contributed by atoms with Crippen LogP contribution in [0.25, 0.3) is 0 Å². The molecule has 1 heterocycles. The molecule has 2 nitrogen and oxygen atoms in total. The Bertz CT molecular complexity index is 147. The second-order valence-electron chi connectivity index (χ2n) is 2.53. The lowest BCUT2D eigenvalue weighted by molar-refractivity contribution is -0.124. The van der Waals surface area contributed by atoms with Gasteiger partial charge in [0.1, 0.15) is 0 Å².